The number of unbranched alkanes of at least 4 members (excludes halogenated alkanes) is 2. The van der Waals surface area contributed by atoms with Crippen LogP contribution in [0.25, 0.3) is 0 Å². The predicted molar refractivity (Wildman–Crippen MR) is 140 cm³/mol. The average Bonchev–Trinajstić information content (AvgIpc) is 2.86. The van der Waals surface area contributed by atoms with E-state index in [1.807, 2.05) is 0 Å². The number of benzene rings is 1. The molecule has 0 heterocycles. The summed E-state index contributed by atoms with van der Waals surface area (Å²) in [7, 11) is 0. The summed E-state index contributed by atoms with van der Waals surface area (Å²) in [6.45, 7) is 4.68. The molecule has 4 rings (SSSR count). The molecular weight excluding hydrogens is 384 g/mol. The fraction of sp³-hybridized carbons (Fsp3) is 0.812. The Bertz CT molecular complexity index is 619. The van der Waals surface area contributed by atoms with Crippen LogP contribution in [0.3, 0.4) is 0 Å². The highest BCUT2D eigenvalue weighted by molar-refractivity contribution is 5.28. The first-order chi connectivity index (χ1) is 15.8. The van der Waals surface area contributed by atoms with E-state index in [1.54, 1.807) is 24.0 Å². The van der Waals surface area contributed by atoms with Gasteiger partial charge in [-0.15, -0.1) is 0 Å². The minimum absolute atomic E-state index is 0.838. The Morgan fingerprint density at radius 2 is 0.938 bits per heavy atom. The lowest BCUT2D eigenvalue weighted by atomic mass is 9.68. The minimum atomic E-state index is 0.838. The lowest BCUT2D eigenvalue weighted by molar-refractivity contribution is 0.155. The molecule has 0 radical (unpaired) electrons. The Labute approximate surface area is 200 Å². The molecule has 0 atom stereocenters. The lowest BCUT2D eigenvalue weighted by Gasteiger charge is -2.38. The van der Waals surface area contributed by atoms with Crippen molar-refractivity contribution < 1.29 is 0 Å². The predicted octanol–water partition coefficient (Wildman–Crippen LogP) is 10.4. The maximum Gasteiger partial charge on any atom is -0.0162 e. The fourth-order valence-corrected chi connectivity index (χ4v) is 7.79. The van der Waals surface area contributed by atoms with E-state index in [9.17, 15) is 0 Å². The van der Waals surface area contributed by atoms with Crippen molar-refractivity contribution in [2.45, 2.75) is 141 Å². The van der Waals surface area contributed by atoms with E-state index in [0.717, 1.165) is 35.5 Å². The summed E-state index contributed by atoms with van der Waals surface area (Å²) in [5.41, 5.74) is 3.28. The molecule has 3 fully saturated rings. The van der Waals surface area contributed by atoms with E-state index in [1.165, 1.54) is 103 Å². The van der Waals surface area contributed by atoms with E-state index in [4.69, 9.17) is 0 Å². The van der Waals surface area contributed by atoms with Gasteiger partial charge in [-0.05, 0) is 111 Å². The smallest absolute Gasteiger partial charge is 0.0162 e. The Kier molecular flexibility index (Phi) is 9.60. The van der Waals surface area contributed by atoms with Gasteiger partial charge < -0.3 is 0 Å². The number of hydrogen-bond acceptors (Lipinski definition) is 0. The molecule has 1 aromatic carbocycles. The molecular formula is C32H52. The van der Waals surface area contributed by atoms with Gasteiger partial charge in [-0.1, -0.05) is 89.5 Å². The summed E-state index contributed by atoms with van der Waals surface area (Å²) < 4.78 is 0. The fourth-order valence-electron chi connectivity index (χ4n) is 7.79. The molecule has 0 N–H and O–H groups in total. The summed E-state index contributed by atoms with van der Waals surface area (Å²) >= 11 is 0. The molecule has 1 aromatic rings. The quantitative estimate of drug-likeness (QED) is 0.338. The van der Waals surface area contributed by atoms with E-state index in [0.29, 0.717) is 0 Å². The molecule has 0 spiro atoms. The van der Waals surface area contributed by atoms with Crippen LogP contribution < -0.4 is 0 Å². The van der Waals surface area contributed by atoms with Gasteiger partial charge in [0.05, 0.1) is 0 Å². The minimum Gasteiger partial charge on any atom is -0.0654 e. The van der Waals surface area contributed by atoms with Gasteiger partial charge in [0.15, 0.2) is 0 Å². The van der Waals surface area contributed by atoms with E-state index in [2.05, 4.69) is 38.1 Å². The summed E-state index contributed by atoms with van der Waals surface area (Å²) in [5, 5.41) is 0. The highest BCUT2D eigenvalue weighted by atomic mass is 14.4. The van der Waals surface area contributed by atoms with Gasteiger partial charge >= 0.3 is 0 Å². The van der Waals surface area contributed by atoms with Crippen LogP contribution in [0, 0.1) is 23.7 Å². The first-order valence-corrected chi connectivity index (χ1v) is 14.9. The van der Waals surface area contributed by atoms with Crippen molar-refractivity contribution in [2.24, 2.45) is 23.7 Å². The van der Waals surface area contributed by atoms with Crippen molar-refractivity contribution in [2.75, 3.05) is 0 Å². The van der Waals surface area contributed by atoms with Crippen molar-refractivity contribution in [1.29, 1.82) is 0 Å². The highest BCUT2D eigenvalue weighted by Crippen LogP contribution is 2.45. The first-order valence-electron chi connectivity index (χ1n) is 14.9. The van der Waals surface area contributed by atoms with Crippen molar-refractivity contribution in [3.05, 3.63) is 35.4 Å². The van der Waals surface area contributed by atoms with Gasteiger partial charge in [0, 0.05) is 0 Å². The Morgan fingerprint density at radius 3 is 1.44 bits per heavy atom. The first kappa shape index (κ1) is 24.3. The molecule has 3 aliphatic carbocycles. The molecule has 32 heavy (non-hydrogen) atoms. The topological polar surface area (TPSA) is 0 Å². The van der Waals surface area contributed by atoms with Crippen LogP contribution in [0.5, 0.6) is 0 Å². The van der Waals surface area contributed by atoms with Crippen LogP contribution in [0.15, 0.2) is 24.3 Å². The highest BCUT2D eigenvalue weighted by Gasteiger charge is 2.31. The monoisotopic (exact) mass is 436 g/mol. The van der Waals surface area contributed by atoms with Crippen molar-refractivity contribution >= 4 is 0 Å². The molecule has 0 unspecified atom stereocenters. The molecule has 0 aromatic heterocycles. The molecule has 0 nitrogen and oxygen atoms in total. The van der Waals surface area contributed by atoms with Gasteiger partial charge in [0.25, 0.3) is 0 Å². The van der Waals surface area contributed by atoms with Crippen LogP contribution >= 0.6 is 0 Å². The van der Waals surface area contributed by atoms with E-state index in [-0.39, 0.29) is 0 Å². The van der Waals surface area contributed by atoms with Crippen molar-refractivity contribution in [3.63, 3.8) is 0 Å². The van der Waals surface area contributed by atoms with Crippen LogP contribution in [0.4, 0.5) is 0 Å². The molecule has 0 saturated heterocycles. The number of hydrogen-bond donors (Lipinski definition) is 0. The van der Waals surface area contributed by atoms with Crippen LogP contribution in [0.2, 0.25) is 0 Å². The maximum atomic E-state index is 2.51. The van der Waals surface area contributed by atoms with Gasteiger partial charge in [-0.2, -0.15) is 0 Å². The average molecular weight is 437 g/mol. The maximum absolute atomic E-state index is 2.51. The van der Waals surface area contributed by atoms with Crippen molar-refractivity contribution in [3.8, 4) is 0 Å². The zero-order valence-electron chi connectivity index (χ0n) is 21.5. The van der Waals surface area contributed by atoms with Crippen LogP contribution in [0.1, 0.15) is 152 Å². The molecule has 180 valence electrons. The molecule has 0 amide bonds. The molecule has 0 aliphatic heterocycles. The summed E-state index contributed by atoms with van der Waals surface area (Å²) in [6.07, 6.45) is 26.5. The molecule has 3 saturated carbocycles. The SMILES string of the molecule is CCCCCC1CCC(C2CCC(c3ccc(C4CCC(CCC)CC4)cc3)CC2)CC1. The van der Waals surface area contributed by atoms with Crippen LogP contribution in [-0.2, 0) is 0 Å². The normalized spacial score (nSPS) is 33.8. The second kappa shape index (κ2) is 12.6. The second-order valence-corrected chi connectivity index (χ2v) is 12.1. The second-order valence-electron chi connectivity index (χ2n) is 12.1. The van der Waals surface area contributed by atoms with E-state index < -0.39 is 0 Å². The van der Waals surface area contributed by atoms with Crippen molar-refractivity contribution in [1.82, 2.24) is 0 Å². The Morgan fingerprint density at radius 1 is 0.500 bits per heavy atom. The molecule has 0 heteroatoms. The third kappa shape index (κ3) is 6.64. The third-order valence-electron chi connectivity index (χ3n) is 9.97. The summed E-state index contributed by atoms with van der Waals surface area (Å²) in [4.78, 5) is 0. The van der Waals surface area contributed by atoms with Gasteiger partial charge in [-0.25, -0.2) is 0 Å². The summed E-state index contributed by atoms with van der Waals surface area (Å²) in [5.74, 6) is 5.86. The van der Waals surface area contributed by atoms with Crippen LogP contribution in [-0.4, -0.2) is 0 Å². The summed E-state index contributed by atoms with van der Waals surface area (Å²) in [6, 6.07) is 10.0. The van der Waals surface area contributed by atoms with Gasteiger partial charge in [-0.3, -0.25) is 0 Å². The van der Waals surface area contributed by atoms with Gasteiger partial charge in [0.2, 0.25) is 0 Å². The third-order valence-corrected chi connectivity index (χ3v) is 9.97. The van der Waals surface area contributed by atoms with Gasteiger partial charge in [0.1, 0.15) is 0 Å². The Hall–Kier alpha value is -0.780. The lowest BCUT2D eigenvalue weighted by Crippen LogP contribution is -2.25. The largest absolute Gasteiger partial charge is 0.0654 e. The zero-order valence-corrected chi connectivity index (χ0v) is 21.5. The van der Waals surface area contributed by atoms with E-state index >= 15 is 0 Å². The standard InChI is InChI=1S/C32H52/c1-3-5-6-8-26-11-15-28(16-12-26)30-19-23-32(24-20-30)31-21-17-29(18-22-31)27-13-9-25(7-4-2)10-14-27/h17-18,21-22,25-28,30,32H,3-16,19-20,23-24H2,1-2H3. The number of rotatable bonds is 9. The molecule has 3 aliphatic rings. The zero-order chi connectivity index (χ0) is 22.2. The Balaban J connectivity index is 1.19. The molecule has 0 bridgehead atoms.